The van der Waals surface area contributed by atoms with Gasteiger partial charge in [-0.2, -0.15) is 0 Å². The molecule has 4 nitrogen and oxygen atoms in total. The predicted molar refractivity (Wildman–Crippen MR) is 57.6 cm³/mol. The maximum atomic E-state index is 13.2. The topological polar surface area (TPSA) is 55.8 Å². The van der Waals surface area contributed by atoms with Crippen molar-refractivity contribution >= 4 is 5.97 Å². The van der Waals surface area contributed by atoms with Gasteiger partial charge in [0.15, 0.2) is 0 Å². The number of hydrogen-bond acceptors (Lipinski definition) is 3. The lowest BCUT2D eigenvalue weighted by atomic mass is 9.84. The molecule has 1 aliphatic rings. The molecule has 1 fully saturated rings. The van der Waals surface area contributed by atoms with E-state index in [1.807, 2.05) is 0 Å². The molecular weight excluding hydrogens is 227 g/mol. The summed E-state index contributed by atoms with van der Waals surface area (Å²) in [5, 5.41) is 9.24. The third-order valence-corrected chi connectivity index (χ3v) is 2.93. The van der Waals surface area contributed by atoms with E-state index in [-0.39, 0.29) is 5.92 Å². The molecule has 1 saturated heterocycles. The molecule has 1 aliphatic heterocycles. The SMILES string of the molecule is COc1ccc(F)cc1C(C(=O)O)C1COC1. The van der Waals surface area contributed by atoms with E-state index in [0.717, 1.165) is 0 Å². The molecule has 5 heteroatoms. The van der Waals surface area contributed by atoms with Crippen molar-refractivity contribution in [2.45, 2.75) is 5.92 Å². The van der Waals surface area contributed by atoms with Gasteiger partial charge < -0.3 is 14.6 Å². The van der Waals surface area contributed by atoms with Crippen molar-refractivity contribution in [2.24, 2.45) is 5.92 Å². The standard InChI is InChI=1S/C12H13FO4/c1-16-10-3-2-8(13)4-9(10)11(12(14)15)7-5-17-6-7/h2-4,7,11H,5-6H2,1H3,(H,14,15). The maximum absolute atomic E-state index is 13.2. The Bertz CT molecular complexity index is 429. The molecule has 0 saturated carbocycles. The molecule has 92 valence electrons. The Morgan fingerprint density at radius 1 is 1.59 bits per heavy atom. The second-order valence-electron chi connectivity index (χ2n) is 4.00. The van der Waals surface area contributed by atoms with E-state index in [1.54, 1.807) is 0 Å². The van der Waals surface area contributed by atoms with Crippen molar-refractivity contribution in [1.82, 2.24) is 0 Å². The highest BCUT2D eigenvalue weighted by Crippen LogP contribution is 2.36. The van der Waals surface area contributed by atoms with Crippen molar-refractivity contribution in [2.75, 3.05) is 20.3 Å². The average molecular weight is 240 g/mol. The molecule has 0 radical (unpaired) electrons. The van der Waals surface area contributed by atoms with E-state index in [1.165, 1.54) is 25.3 Å². The molecular formula is C12H13FO4. The highest BCUT2D eigenvalue weighted by Gasteiger charge is 2.36. The summed E-state index contributed by atoms with van der Waals surface area (Å²) in [6, 6.07) is 3.91. The van der Waals surface area contributed by atoms with Gasteiger partial charge in [-0.1, -0.05) is 0 Å². The Balaban J connectivity index is 2.40. The number of methoxy groups -OCH3 is 1. The van der Waals surface area contributed by atoms with Crippen LogP contribution in [0.25, 0.3) is 0 Å². The summed E-state index contributed by atoms with van der Waals surface area (Å²) in [6.07, 6.45) is 0. The lowest BCUT2D eigenvalue weighted by molar-refractivity contribution is -0.146. The minimum atomic E-state index is -0.984. The Morgan fingerprint density at radius 2 is 2.29 bits per heavy atom. The first-order valence-electron chi connectivity index (χ1n) is 5.27. The number of aliphatic carboxylic acids is 1. The number of benzene rings is 1. The maximum Gasteiger partial charge on any atom is 0.311 e. The molecule has 0 aliphatic carbocycles. The number of ether oxygens (including phenoxy) is 2. The minimum Gasteiger partial charge on any atom is -0.496 e. The highest BCUT2D eigenvalue weighted by molar-refractivity contribution is 5.78. The van der Waals surface area contributed by atoms with E-state index in [2.05, 4.69) is 0 Å². The molecule has 0 amide bonds. The van der Waals surface area contributed by atoms with Crippen LogP contribution < -0.4 is 4.74 Å². The number of halogens is 1. The third-order valence-electron chi connectivity index (χ3n) is 2.93. The van der Waals surface area contributed by atoms with Crippen molar-refractivity contribution in [3.05, 3.63) is 29.6 Å². The Kier molecular flexibility index (Phi) is 3.28. The van der Waals surface area contributed by atoms with Crippen LogP contribution in [-0.4, -0.2) is 31.4 Å². The predicted octanol–water partition coefficient (Wildman–Crippen LogP) is 1.65. The van der Waals surface area contributed by atoms with Gasteiger partial charge in [0, 0.05) is 11.5 Å². The van der Waals surface area contributed by atoms with Crippen LogP contribution >= 0.6 is 0 Å². The van der Waals surface area contributed by atoms with Crippen molar-refractivity contribution in [3.63, 3.8) is 0 Å². The summed E-state index contributed by atoms with van der Waals surface area (Å²) in [4.78, 5) is 11.3. The van der Waals surface area contributed by atoms with Crippen LogP contribution in [0.2, 0.25) is 0 Å². The molecule has 0 bridgehead atoms. The number of carboxylic acid groups (broad SMARTS) is 1. The lowest BCUT2D eigenvalue weighted by Crippen LogP contribution is -2.37. The molecule has 1 aromatic rings. The van der Waals surface area contributed by atoms with Crippen LogP contribution in [-0.2, 0) is 9.53 Å². The molecule has 17 heavy (non-hydrogen) atoms. The molecule has 0 aromatic heterocycles. The lowest BCUT2D eigenvalue weighted by Gasteiger charge is -2.32. The summed E-state index contributed by atoms with van der Waals surface area (Å²) in [7, 11) is 1.44. The number of hydrogen-bond donors (Lipinski definition) is 1. The fourth-order valence-electron chi connectivity index (χ4n) is 1.98. The molecule has 1 atom stereocenters. The van der Waals surface area contributed by atoms with Gasteiger partial charge in [0.25, 0.3) is 0 Å². The summed E-state index contributed by atoms with van der Waals surface area (Å²) in [5.74, 6) is -1.96. The van der Waals surface area contributed by atoms with E-state index in [4.69, 9.17) is 9.47 Å². The van der Waals surface area contributed by atoms with Gasteiger partial charge in [0.1, 0.15) is 11.6 Å². The second-order valence-corrected chi connectivity index (χ2v) is 4.00. The van der Waals surface area contributed by atoms with Crippen LogP contribution in [0, 0.1) is 11.7 Å². The van der Waals surface area contributed by atoms with Gasteiger partial charge in [-0.15, -0.1) is 0 Å². The molecule has 2 rings (SSSR count). The summed E-state index contributed by atoms with van der Waals surface area (Å²) >= 11 is 0. The summed E-state index contributed by atoms with van der Waals surface area (Å²) in [5.41, 5.74) is 0.369. The zero-order chi connectivity index (χ0) is 12.4. The first-order valence-corrected chi connectivity index (χ1v) is 5.27. The number of carbonyl (C=O) groups is 1. The zero-order valence-electron chi connectivity index (χ0n) is 9.35. The van der Waals surface area contributed by atoms with Crippen molar-refractivity contribution in [3.8, 4) is 5.75 Å². The van der Waals surface area contributed by atoms with E-state index >= 15 is 0 Å². The van der Waals surface area contributed by atoms with Gasteiger partial charge in [-0.25, -0.2) is 4.39 Å². The van der Waals surface area contributed by atoms with E-state index < -0.39 is 17.7 Å². The van der Waals surface area contributed by atoms with Crippen molar-refractivity contribution < 1.29 is 23.8 Å². The van der Waals surface area contributed by atoms with E-state index in [9.17, 15) is 14.3 Å². The van der Waals surface area contributed by atoms with Crippen LogP contribution in [0.1, 0.15) is 11.5 Å². The number of rotatable bonds is 4. The van der Waals surface area contributed by atoms with Gasteiger partial charge in [-0.05, 0) is 18.2 Å². The zero-order valence-corrected chi connectivity index (χ0v) is 9.35. The highest BCUT2D eigenvalue weighted by atomic mass is 19.1. The summed E-state index contributed by atoms with van der Waals surface area (Å²) in [6.45, 7) is 0.771. The van der Waals surface area contributed by atoms with Gasteiger partial charge in [0.05, 0.1) is 26.2 Å². The molecule has 1 unspecified atom stereocenters. The molecule has 0 spiro atoms. The van der Waals surface area contributed by atoms with Crippen molar-refractivity contribution in [1.29, 1.82) is 0 Å². The number of carboxylic acids is 1. The summed E-state index contributed by atoms with van der Waals surface area (Å²) < 4.78 is 23.3. The second kappa shape index (κ2) is 4.71. The minimum absolute atomic E-state index is 0.122. The van der Waals surface area contributed by atoms with Gasteiger partial charge >= 0.3 is 5.97 Å². The van der Waals surface area contributed by atoms with Crippen LogP contribution in [0.15, 0.2) is 18.2 Å². The Labute approximate surface area is 98.0 Å². The monoisotopic (exact) mass is 240 g/mol. The average Bonchev–Trinajstić information content (AvgIpc) is 2.22. The molecule has 1 heterocycles. The fraction of sp³-hybridized carbons (Fsp3) is 0.417. The molecule has 1 aromatic carbocycles. The Morgan fingerprint density at radius 3 is 2.76 bits per heavy atom. The normalized spacial score (nSPS) is 17.3. The first-order chi connectivity index (χ1) is 8.13. The third kappa shape index (κ3) is 2.24. The fourth-order valence-corrected chi connectivity index (χ4v) is 1.98. The van der Waals surface area contributed by atoms with Gasteiger partial charge in [-0.3, -0.25) is 4.79 Å². The van der Waals surface area contributed by atoms with Crippen LogP contribution in [0.4, 0.5) is 4.39 Å². The van der Waals surface area contributed by atoms with Crippen LogP contribution in [0.3, 0.4) is 0 Å². The quantitative estimate of drug-likeness (QED) is 0.869. The largest absolute Gasteiger partial charge is 0.496 e. The van der Waals surface area contributed by atoms with E-state index in [0.29, 0.717) is 24.5 Å². The van der Waals surface area contributed by atoms with Crippen LogP contribution in [0.5, 0.6) is 5.75 Å². The Hall–Kier alpha value is -1.62. The molecule has 1 N–H and O–H groups in total. The van der Waals surface area contributed by atoms with Gasteiger partial charge in [0.2, 0.25) is 0 Å². The first kappa shape index (κ1) is 11.9. The smallest absolute Gasteiger partial charge is 0.311 e.